The minimum absolute atomic E-state index is 0.0523. The first kappa shape index (κ1) is 16.4. The fourth-order valence-corrected chi connectivity index (χ4v) is 2.89. The number of nitrogens with zero attached hydrogens (tertiary/aromatic N) is 4. The number of carbonyl (C=O) groups excluding carboxylic acids is 1. The second-order valence-corrected chi connectivity index (χ2v) is 6.18. The lowest BCUT2D eigenvalue weighted by Gasteiger charge is -2.33. The van der Waals surface area contributed by atoms with Gasteiger partial charge in [0.05, 0.1) is 18.9 Å². The number of aromatic nitrogens is 3. The Morgan fingerprint density at radius 3 is 3.12 bits per heavy atom. The average molecular weight is 329 g/mol. The van der Waals surface area contributed by atoms with Gasteiger partial charge in [0.1, 0.15) is 12.4 Å². The van der Waals surface area contributed by atoms with Crippen LogP contribution in [0.3, 0.4) is 0 Å². The SMILES string of the molecule is Cc1cnn(CC(=O)N2CCO[C@@H](CCc3ccnc(N)c3)C2)c1. The number of aryl methyl sites for hydroxylation is 2. The number of pyridine rings is 1. The van der Waals surface area contributed by atoms with Gasteiger partial charge < -0.3 is 15.4 Å². The molecule has 3 rings (SSSR count). The molecule has 7 nitrogen and oxygen atoms in total. The van der Waals surface area contributed by atoms with Crippen molar-refractivity contribution in [2.24, 2.45) is 0 Å². The van der Waals surface area contributed by atoms with Crippen LogP contribution in [-0.4, -0.2) is 51.4 Å². The Kier molecular flexibility index (Phi) is 5.10. The van der Waals surface area contributed by atoms with Crippen LogP contribution in [0.1, 0.15) is 17.5 Å². The van der Waals surface area contributed by atoms with Gasteiger partial charge in [0.2, 0.25) is 5.91 Å². The topological polar surface area (TPSA) is 86.3 Å². The molecule has 0 unspecified atom stereocenters. The Bertz CT molecular complexity index is 700. The van der Waals surface area contributed by atoms with E-state index in [4.69, 9.17) is 10.5 Å². The Balaban J connectivity index is 1.51. The molecule has 128 valence electrons. The van der Waals surface area contributed by atoms with Crippen molar-refractivity contribution in [1.82, 2.24) is 19.7 Å². The van der Waals surface area contributed by atoms with E-state index in [1.165, 1.54) is 0 Å². The van der Waals surface area contributed by atoms with Crippen LogP contribution in [0.25, 0.3) is 0 Å². The van der Waals surface area contributed by atoms with E-state index in [9.17, 15) is 4.79 Å². The molecule has 0 spiro atoms. The number of morpholine rings is 1. The lowest BCUT2D eigenvalue weighted by molar-refractivity contribution is -0.139. The molecule has 24 heavy (non-hydrogen) atoms. The standard InChI is InChI=1S/C17H23N5O2/c1-13-9-20-22(10-13)12-17(23)21-6-7-24-15(11-21)3-2-14-4-5-19-16(18)8-14/h4-5,8-10,15H,2-3,6-7,11-12H2,1H3,(H2,18,19)/t15-/m0/s1. The van der Waals surface area contributed by atoms with Crippen LogP contribution in [0.5, 0.6) is 0 Å². The first-order valence-electron chi connectivity index (χ1n) is 8.19. The molecule has 1 aliphatic rings. The van der Waals surface area contributed by atoms with E-state index in [0.29, 0.717) is 25.5 Å². The first-order chi connectivity index (χ1) is 11.6. The molecule has 1 atom stereocenters. The molecular weight excluding hydrogens is 306 g/mol. The molecule has 7 heteroatoms. The van der Waals surface area contributed by atoms with Crippen LogP contribution in [-0.2, 0) is 22.5 Å². The highest BCUT2D eigenvalue weighted by Gasteiger charge is 2.24. The third-order valence-corrected chi connectivity index (χ3v) is 4.15. The zero-order valence-corrected chi connectivity index (χ0v) is 13.9. The van der Waals surface area contributed by atoms with Gasteiger partial charge in [-0.05, 0) is 43.0 Å². The van der Waals surface area contributed by atoms with Crippen molar-refractivity contribution in [2.45, 2.75) is 32.4 Å². The molecule has 1 amide bonds. The molecule has 0 aromatic carbocycles. The molecule has 0 bridgehead atoms. The predicted octanol–water partition coefficient (Wildman–Crippen LogP) is 1.03. The van der Waals surface area contributed by atoms with Gasteiger partial charge in [-0.15, -0.1) is 0 Å². The average Bonchev–Trinajstić information content (AvgIpc) is 2.98. The number of hydrogen-bond acceptors (Lipinski definition) is 5. The maximum absolute atomic E-state index is 12.4. The van der Waals surface area contributed by atoms with Crippen molar-refractivity contribution in [1.29, 1.82) is 0 Å². The fraction of sp³-hybridized carbons (Fsp3) is 0.471. The summed E-state index contributed by atoms with van der Waals surface area (Å²) in [5, 5.41) is 4.17. The van der Waals surface area contributed by atoms with Crippen LogP contribution in [0.2, 0.25) is 0 Å². The van der Waals surface area contributed by atoms with E-state index in [1.54, 1.807) is 17.1 Å². The number of nitrogens with two attached hydrogens (primary N) is 1. The summed E-state index contributed by atoms with van der Waals surface area (Å²) >= 11 is 0. The van der Waals surface area contributed by atoms with Crippen LogP contribution < -0.4 is 5.73 Å². The van der Waals surface area contributed by atoms with E-state index in [2.05, 4.69) is 10.1 Å². The minimum Gasteiger partial charge on any atom is -0.384 e. The number of anilines is 1. The molecule has 2 aromatic rings. The van der Waals surface area contributed by atoms with Crippen LogP contribution in [0, 0.1) is 6.92 Å². The highest BCUT2D eigenvalue weighted by Crippen LogP contribution is 2.14. The molecule has 0 aliphatic carbocycles. The van der Waals surface area contributed by atoms with Gasteiger partial charge in [0, 0.05) is 25.5 Å². The van der Waals surface area contributed by atoms with Crippen molar-refractivity contribution in [3.63, 3.8) is 0 Å². The number of nitrogen functional groups attached to an aromatic ring is 1. The summed E-state index contributed by atoms with van der Waals surface area (Å²) < 4.78 is 7.48. The molecule has 1 saturated heterocycles. The van der Waals surface area contributed by atoms with Gasteiger partial charge in [0.15, 0.2) is 0 Å². The monoisotopic (exact) mass is 329 g/mol. The normalized spacial score (nSPS) is 17.9. The summed E-state index contributed by atoms with van der Waals surface area (Å²) in [4.78, 5) is 18.3. The summed E-state index contributed by atoms with van der Waals surface area (Å²) in [6, 6.07) is 3.84. The zero-order chi connectivity index (χ0) is 16.9. The fourth-order valence-electron chi connectivity index (χ4n) is 2.89. The zero-order valence-electron chi connectivity index (χ0n) is 13.9. The summed E-state index contributed by atoms with van der Waals surface area (Å²) in [5.74, 6) is 0.614. The van der Waals surface area contributed by atoms with Gasteiger partial charge >= 0.3 is 0 Å². The lowest BCUT2D eigenvalue weighted by atomic mass is 10.1. The summed E-state index contributed by atoms with van der Waals surface area (Å²) in [7, 11) is 0. The van der Waals surface area contributed by atoms with E-state index in [0.717, 1.165) is 24.0 Å². The van der Waals surface area contributed by atoms with Gasteiger partial charge in [-0.3, -0.25) is 9.48 Å². The Labute approximate surface area is 141 Å². The molecule has 0 radical (unpaired) electrons. The third kappa shape index (κ3) is 4.32. The third-order valence-electron chi connectivity index (χ3n) is 4.15. The molecule has 0 saturated carbocycles. The van der Waals surface area contributed by atoms with E-state index in [-0.39, 0.29) is 18.6 Å². The lowest BCUT2D eigenvalue weighted by Crippen LogP contribution is -2.46. The Hall–Kier alpha value is -2.41. The molecule has 3 heterocycles. The van der Waals surface area contributed by atoms with Crippen molar-refractivity contribution in [2.75, 3.05) is 25.4 Å². The highest BCUT2D eigenvalue weighted by molar-refractivity contribution is 5.76. The van der Waals surface area contributed by atoms with Crippen molar-refractivity contribution < 1.29 is 9.53 Å². The van der Waals surface area contributed by atoms with Crippen molar-refractivity contribution >= 4 is 11.7 Å². The number of hydrogen-bond donors (Lipinski definition) is 1. The number of ether oxygens (including phenoxy) is 1. The van der Waals surface area contributed by atoms with E-state index < -0.39 is 0 Å². The van der Waals surface area contributed by atoms with E-state index >= 15 is 0 Å². The largest absolute Gasteiger partial charge is 0.384 e. The van der Waals surface area contributed by atoms with Crippen molar-refractivity contribution in [3.8, 4) is 0 Å². The van der Waals surface area contributed by atoms with Crippen LogP contribution in [0.15, 0.2) is 30.7 Å². The van der Waals surface area contributed by atoms with Crippen LogP contribution in [0.4, 0.5) is 5.82 Å². The maximum atomic E-state index is 12.4. The minimum atomic E-state index is 0.0523. The van der Waals surface area contributed by atoms with Crippen LogP contribution >= 0.6 is 0 Å². The molecular formula is C17H23N5O2. The summed E-state index contributed by atoms with van der Waals surface area (Å²) in [6.45, 7) is 4.08. The number of carbonyl (C=O) groups is 1. The smallest absolute Gasteiger partial charge is 0.244 e. The molecule has 2 aromatic heterocycles. The quantitative estimate of drug-likeness (QED) is 0.885. The molecule has 1 aliphatic heterocycles. The summed E-state index contributed by atoms with van der Waals surface area (Å²) in [6.07, 6.45) is 7.12. The second-order valence-electron chi connectivity index (χ2n) is 6.18. The summed E-state index contributed by atoms with van der Waals surface area (Å²) in [5.41, 5.74) is 7.90. The number of rotatable bonds is 5. The first-order valence-corrected chi connectivity index (χ1v) is 8.19. The van der Waals surface area contributed by atoms with Gasteiger partial charge in [-0.2, -0.15) is 5.10 Å². The predicted molar refractivity (Wildman–Crippen MR) is 90.3 cm³/mol. The Morgan fingerprint density at radius 2 is 2.38 bits per heavy atom. The van der Waals surface area contributed by atoms with Crippen molar-refractivity contribution in [3.05, 3.63) is 41.9 Å². The number of amides is 1. The maximum Gasteiger partial charge on any atom is 0.244 e. The second kappa shape index (κ2) is 7.44. The van der Waals surface area contributed by atoms with Gasteiger partial charge in [-0.1, -0.05) is 0 Å². The van der Waals surface area contributed by atoms with E-state index in [1.807, 2.05) is 30.2 Å². The molecule has 2 N–H and O–H groups in total. The molecule has 1 fully saturated rings. The van der Waals surface area contributed by atoms with Gasteiger partial charge in [0.25, 0.3) is 0 Å². The highest BCUT2D eigenvalue weighted by atomic mass is 16.5. The Morgan fingerprint density at radius 1 is 1.50 bits per heavy atom. The van der Waals surface area contributed by atoms with Gasteiger partial charge in [-0.25, -0.2) is 4.98 Å².